The molecule has 0 bridgehead atoms. The molecule has 1 aliphatic carbocycles. The van der Waals surface area contributed by atoms with Crippen molar-refractivity contribution >= 4 is 46.2 Å². The first-order valence-corrected chi connectivity index (χ1v) is 28.5. The fourth-order valence-electron chi connectivity index (χ4n) is 13.3. The number of hydrogen-bond acceptors (Lipinski definition) is 12. The van der Waals surface area contributed by atoms with Gasteiger partial charge in [-0.2, -0.15) is 0 Å². The van der Waals surface area contributed by atoms with Crippen molar-refractivity contribution in [1.82, 2.24) is 44.9 Å². The van der Waals surface area contributed by atoms with Crippen LogP contribution < -0.4 is 15.4 Å². The molecule has 78 heavy (non-hydrogen) atoms. The monoisotopic (exact) mass is 1090 g/mol. The Hall–Kier alpha value is -6.77. The molecule has 5 fully saturated rings. The van der Waals surface area contributed by atoms with Crippen molar-refractivity contribution in [2.24, 2.45) is 11.8 Å². The molecule has 12 rings (SSSR count). The van der Waals surface area contributed by atoms with Crippen molar-refractivity contribution in [3.8, 4) is 39.5 Å². The molecule has 0 spiro atoms. The lowest BCUT2D eigenvalue weighted by molar-refractivity contribution is -0.139. The van der Waals surface area contributed by atoms with Gasteiger partial charge in [0.05, 0.1) is 96.2 Å². The Balaban J connectivity index is 0.834. The molecule has 5 aliphatic heterocycles. The number of halogens is 1. The van der Waals surface area contributed by atoms with E-state index in [-0.39, 0.29) is 60.1 Å². The van der Waals surface area contributed by atoms with Gasteiger partial charge >= 0.3 is 12.2 Å². The number of imidazole rings is 2. The first-order valence-electron chi connectivity index (χ1n) is 27.7. The molecule has 20 heteroatoms. The lowest BCUT2D eigenvalue weighted by Gasteiger charge is -2.38. The molecule has 9 heterocycles. The van der Waals surface area contributed by atoms with E-state index in [0.717, 1.165) is 52.7 Å². The third kappa shape index (κ3) is 9.92. The predicted molar refractivity (Wildman–Crippen MR) is 289 cm³/mol. The highest BCUT2D eigenvalue weighted by Crippen LogP contribution is 2.51. The minimum absolute atomic E-state index is 0.0519. The summed E-state index contributed by atoms with van der Waals surface area (Å²) < 4.78 is 48.1. The van der Waals surface area contributed by atoms with E-state index in [1.807, 2.05) is 56.9 Å². The number of fused-ring (bicyclic) bond motifs is 5. The number of nitrogens with zero attached hydrogens (tertiary/aromatic N) is 5. The van der Waals surface area contributed by atoms with E-state index >= 15 is 4.39 Å². The number of alkyl carbamates (subject to hydrolysis) is 2. The zero-order valence-corrected chi connectivity index (χ0v) is 45.7. The summed E-state index contributed by atoms with van der Waals surface area (Å²) in [6.45, 7) is 8.99. The standard InChI is InChI=1S/C58H68FN9O9S/c1-29-19-37(20-30(2)75-29)50(64-57(71)73-5)54(69)66-17-7-9-43(66)52-60-27-40(62-52)34-13-14-42-36(23-34)25-45-49-39(59)24-35(26-46(49)77-56(68(42)45)48-16-15-47(78-48)33-11-12-33)41-28-61-53(63-41)44-10-8-18-67(44)55(70)51(65-58(72)74-6)38-21-31(3)76-32(4)22-38/h13-16,23-33,37-38,43-44,50-51,56H,7-12,17-22H2,1-6H3,(H,60,62)(H,61,63)(H,64,71)(H,65,72)/t29-,30+,31-,32+,37?,38?,43-,44-,50-,51-,56?/m0/s1. The summed E-state index contributed by atoms with van der Waals surface area (Å²) in [4.78, 5) is 76.8. The molecule has 6 aliphatic rings. The Kier molecular flexibility index (Phi) is 14.1. The van der Waals surface area contributed by atoms with Gasteiger partial charge in [-0.3, -0.25) is 14.2 Å². The first-order chi connectivity index (χ1) is 37.7. The van der Waals surface area contributed by atoms with E-state index in [1.165, 1.54) is 25.2 Å². The second kappa shape index (κ2) is 21.1. The van der Waals surface area contributed by atoms with Crippen LogP contribution in [0.4, 0.5) is 14.0 Å². The Morgan fingerprint density at radius 1 is 0.692 bits per heavy atom. The van der Waals surface area contributed by atoms with E-state index < -0.39 is 36.3 Å². The number of ether oxygens (including phenoxy) is 5. The Labute approximate surface area is 456 Å². The number of amides is 4. The van der Waals surface area contributed by atoms with Gasteiger partial charge in [0, 0.05) is 34.5 Å². The minimum atomic E-state index is -0.800. The molecule has 4 amide bonds. The normalized spacial score (nSPS) is 26.7. The van der Waals surface area contributed by atoms with E-state index in [1.54, 1.807) is 28.6 Å². The molecular formula is C58H68FN9O9S. The molecule has 4 aromatic heterocycles. The number of likely N-dealkylation sites (tertiary alicyclic amines) is 2. The third-order valence-corrected chi connectivity index (χ3v) is 18.1. The average Bonchev–Trinajstić information content (AvgIpc) is 4.36. The molecule has 4 N–H and O–H groups in total. The summed E-state index contributed by atoms with van der Waals surface area (Å²) in [5, 5.41) is 6.60. The second-order valence-electron chi connectivity index (χ2n) is 22.4. The number of thiophene rings is 1. The summed E-state index contributed by atoms with van der Waals surface area (Å²) in [5.41, 5.74) is 4.68. The van der Waals surface area contributed by atoms with Crippen LogP contribution in [0.3, 0.4) is 0 Å². The van der Waals surface area contributed by atoms with Crippen LogP contribution in [0.25, 0.3) is 44.7 Å². The number of carbonyl (C=O) groups excluding carboxylic acids is 4. The van der Waals surface area contributed by atoms with E-state index in [0.29, 0.717) is 97.4 Å². The largest absolute Gasteiger partial charge is 0.464 e. The number of hydrogen-bond donors (Lipinski definition) is 4. The Bertz CT molecular complexity index is 3240. The molecule has 2 aromatic carbocycles. The van der Waals surface area contributed by atoms with E-state index in [4.69, 9.17) is 33.7 Å². The van der Waals surface area contributed by atoms with Gasteiger partial charge in [0.25, 0.3) is 0 Å². The highest BCUT2D eigenvalue weighted by Gasteiger charge is 2.44. The summed E-state index contributed by atoms with van der Waals surface area (Å²) in [5.74, 6) is 1.11. The molecule has 18 nitrogen and oxygen atoms in total. The minimum Gasteiger partial charge on any atom is -0.464 e. The van der Waals surface area contributed by atoms with Crippen molar-refractivity contribution < 1.29 is 47.3 Å². The number of rotatable bonds is 12. The quantitative estimate of drug-likeness (QED) is 0.0907. The molecule has 4 saturated heterocycles. The van der Waals surface area contributed by atoms with Crippen LogP contribution in [0.2, 0.25) is 0 Å². The Morgan fingerprint density at radius 3 is 1.77 bits per heavy atom. The van der Waals surface area contributed by atoms with Gasteiger partial charge in [-0.1, -0.05) is 6.07 Å². The zero-order valence-electron chi connectivity index (χ0n) is 44.9. The van der Waals surface area contributed by atoms with Gasteiger partial charge in [-0.25, -0.2) is 23.9 Å². The third-order valence-electron chi connectivity index (χ3n) is 16.9. The van der Waals surface area contributed by atoms with Gasteiger partial charge in [0.2, 0.25) is 18.0 Å². The molecule has 1 saturated carbocycles. The van der Waals surface area contributed by atoms with Gasteiger partial charge < -0.3 is 54.1 Å². The van der Waals surface area contributed by atoms with Crippen LogP contribution in [-0.4, -0.2) is 122 Å². The molecule has 412 valence electrons. The number of H-pyrrole nitrogens is 2. The summed E-state index contributed by atoms with van der Waals surface area (Å²) >= 11 is 1.73. The molecule has 3 unspecified atom stereocenters. The van der Waals surface area contributed by atoms with Crippen molar-refractivity contribution in [3.63, 3.8) is 0 Å². The van der Waals surface area contributed by atoms with Crippen molar-refractivity contribution in [2.45, 2.75) is 153 Å². The van der Waals surface area contributed by atoms with Gasteiger partial charge in [0.1, 0.15) is 35.3 Å². The number of benzene rings is 2. The number of aromatic nitrogens is 5. The zero-order chi connectivity index (χ0) is 54.1. The SMILES string of the molecule is COC(=O)N[C@H](C(=O)N1CCC[C@H]1c1ncc(-c2cc(F)c3c(c2)OC(c2ccc(C4CC4)s2)n2c-3cc3cc(-c4cnc([C@@H]5CCCN5C(=O)[C@@H](NC(=O)OC)C5C[C@@H](C)O[C@@H](C)C5)[nH]4)ccc32)[nH]1)C1C[C@@H](C)O[C@@H](C)C1. The number of nitrogens with one attached hydrogen (secondary N) is 4. The smallest absolute Gasteiger partial charge is 0.407 e. The van der Waals surface area contributed by atoms with Crippen molar-refractivity contribution in [3.05, 3.63) is 88.1 Å². The highest BCUT2D eigenvalue weighted by atomic mass is 32.1. The maximum absolute atomic E-state index is 17.2. The summed E-state index contributed by atoms with van der Waals surface area (Å²) in [6.07, 6.45) is 9.10. The van der Waals surface area contributed by atoms with Gasteiger partial charge in [-0.15, -0.1) is 11.3 Å². The molecule has 0 radical (unpaired) electrons. The molecule has 6 aromatic rings. The summed E-state index contributed by atoms with van der Waals surface area (Å²) in [7, 11) is 2.60. The van der Waals surface area contributed by atoms with Crippen LogP contribution in [0.1, 0.15) is 138 Å². The number of carbonyl (C=O) groups is 4. The van der Waals surface area contributed by atoms with E-state index in [9.17, 15) is 19.2 Å². The van der Waals surface area contributed by atoms with Crippen LogP contribution in [0.5, 0.6) is 5.75 Å². The summed E-state index contributed by atoms with van der Waals surface area (Å²) in [6, 6.07) is 13.6. The number of aromatic amines is 2. The van der Waals surface area contributed by atoms with Crippen LogP contribution in [0.15, 0.2) is 60.9 Å². The van der Waals surface area contributed by atoms with Crippen molar-refractivity contribution in [1.29, 1.82) is 0 Å². The van der Waals surface area contributed by atoms with E-state index in [2.05, 4.69) is 43.4 Å². The van der Waals surface area contributed by atoms with Crippen LogP contribution in [-0.2, 0) is 28.5 Å². The fourth-order valence-corrected chi connectivity index (χ4v) is 14.5. The highest BCUT2D eigenvalue weighted by molar-refractivity contribution is 7.12. The number of methoxy groups -OCH3 is 2. The fraction of sp³-hybridized carbons (Fsp3) is 0.517. The maximum atomic E-state index is 17.2. The predicted octanol–water partition coefficient (Wildman–Crippen LogP) is 10.3. The molecular weight excluding hydrogens is 1020 g/mol. The van der Waals surface area contributed by atoms with Crippen molar-refractivity contribution in [2.75, 3.05) is 27.3 Å². The lowest BCUT2D eigenvalue weighted by atomic mass is 9.85. The molecule has 11 atom stereocenters. The van der Waals surface area contributed by atoms with Gasteiger partial charge in [-0.05, 0) is 152 Å². The van der Waals surface area contributed by atoms with Crippen LogP contribution in [0, 0.1) is 17.7 Å². The maximum Gasteiger partial charge on any atom is 0.407 e. The average molecular weight is 1090 g/mol. The van der Waals surface area contributed by atoms with Crippen LogP contribution >= 0.6 is 11.3 Å². The van der Waals surface area contributed by atoms with Gasteiger partial charge in [0.15, 0.2) is 0 Å². The lowest BCUT2D eigenvalue weighted by Crippen LogP contribution is -2.54. The Morgan fingerprint density at radius 2 is 1.23 bits per heavy atom. The topological polar surface area (TPSA) is 207 Å². The first kappa shape index (κ1) is 52.0. The second-order valence-corrected chi connectivity index (χ2v) is 23.6.